The number of nitrogens with one attached hydrogen (secondary N) is 1. The van der Waals surface area contributed by atoms with Crippen LogP contribution in [0.15, 0.2) is 53.4 Å². The molecule has 1 aliphatic rings. The summed E-state index contributed by atoms with van der Waals surface area (Å²) >= 11 is 1.61. The highest BCUT2D eigenvalue weighted by Crippen LogP contribution is 2.40. The molecule has 1 nitrogen and oxygen atoms in total. The minimum absolute atomic E-state index is 0.471. The van der Waals surface area contributed by atoms with Gasteiger partial charge in [-0.1, -0.05) is 61.2 Å². The molecule has 0 aromatic heterocycles. The smallest absolute Gasteiger partial charge is 0.0695 e. The Labute approximate surface area is 112 Å². The molecule has 0 saturated heterocycles. The van der Waals surface area contributed by atoms with Gasteiger partial charge >= 0.3 is 0 Å². The van der Waals surface area contributed by atoms with Crippen molar-refractivity contribution in [3.05, 3.63) is 54.1 Å². The normalized spacial score (nSPS) is 18.5. The van der Waals surface area contributed by atoms with E-state index in [0.717, 1.165) is 11.5 Å². The number of benzene rings is 2. The zero-order valence-electron chi connectivity index (χ0n) is 10.3. The fourth-order valence-corrected chi connectivity index (χ4v) is 3.57. The molecule has 0 saturated carbocycles. The van der Waals surface area contributed by atoms with Gasteiger partial charge in [0.05, 0.1) is 5.04 Å². The maximum atomic E-state index is 7.89. The van der Waals surface area contributed by atoms with Crippen molar-refractivity contribution in [3.63, 3.8) is 0 Å². The van der Waals surface area contributed by atoms with Gasteiger partial charge in [0.2, 0.25) is 0 Å². The summed E-state index contributed by atoms with van der Waals surface area (Å²) in [5.41, 5.74) is 3.87. The highest BCUT2D eigenvalue weighted by molar-refractivity contribution is 8.14. The zero-order valence-corrected chi connectivity index (χ0v) is 11.1. The third-order valence-corrected chi connectivity index (χ3v) is 4.36. The fraction of sp³-hybridized carbons (Fsp3) is 0.188. The molecule has 0 bridgehead atoms. The SMILES string of the molecule is CC1CC(=N)Sc2cc(-c3ccccc3)ccc21. The predicted molar refractivity (Wildman–Crippen MR) is 78.5 cm³/mol. The lowest BCUT2D eigenvalue weighted by molar-refractivity contribution is 0.782. The van der Waals surface area contributed by atoms with E-state index < -0.39 is 0 Å². The van der Waals surface area contributed by atoms with Crippen molar-refractivity contribution in [1.82, 2.24) is 0 Å². The van der Waals surface area contributed by atoms with E-state index in [4.69, 9.17) is 5.41 Å². The molecule has 0 spiro atoms. The van der Waals surface area contributed by atoms with Crippen molar-refractivity contribution in [2.75, 3.05) is 0 Å². The first-order valence-corrected chi connectivity index (χ1v) is 7.00. The summed E-state index contributed by atoms with van der Waals surface area (Å²) in [7, 11) is 0. The van der Waals surface area contributed by atoms with E-state index in [9.17, 15) is 0 Å². The Morgan fingerprint density at radius 2 is 1.83 bits per heavy atom. The Bertz CT molecular complexity index is 589. The summed E-state index contributed by atoms with van der Waals surface area (Å²) in [6, 6.07) is 17.1. The number of fused-ring (bicyclic) bond motifs is 1. The van der Waals surface area contributed by atoms with Gasteiger partial charge in [-0.05, 0) is 28.7 Å². The van der Waals surface area contributed by atoms with Crippen molar-refractivity contribution < 1.29 is 0 Å². The van der Waals surface area contributed by atoms with Crippen LogP contribution in [0.5, 0.6) is 0 Å². The van der Waals surface area contributed by atoms with E-state index >= 15 is 0 Å². The Morgan fingerprint density at radius 3 is 2.61 bits per heavy atom. The zero-order chi connectivity index (χ0) is 12.5. The molecule has 1 N–H and O–H groups in total. The van der Waals surface area contributed by atoms with Crippen LogP contribution in [0.3, 0.4) is 0 Å². The van der Waals surface area contributed by atoms with E-state index in [2.05, 4.69) is 49.4 Å². The monoisotopic (exact) mass is 253 g/mol. The molecule has 1 atom stereocenters. The molecular weight excluding hydrogens is 238 g/mol. The van der Waals surface area contributed by atoms with E-state index in [1.165, 1.54) is 21.6 Å². The van der Waals surface area contributed by atoms with Crippen molar-refractivity contribution in [1.29, 1.82) is 5.41 Å². The van der Waals surface area contributed by atoms with Crippen LogP contribution in [0.4, 0.5) is 0 Å². The van der Waals surface area contributed by atoms with Gasteiger partial charge in [-0.3, -0.25) is 5.41 Å². The van der Waals surface area contributed by atoms with E-state index in [-0.39, 0.29) is 0 Å². The van der Waals surface area contributed by atoms with Gasteiger partial charge in [0, 0.05) is 11.3 Å². The molecule has 2 aromatic carbocycles. The summed E-state index contributed by atoms with van der Waals surface area (Å²) in [4.78, 5) is 1.25. The van der Waals surface area contributed by atoms with Crippen molar-refractivity contribution in [3.8, 4) is 11.1 Å². The molecule has 90 valence electrons. The van der Waals surface area contributed by atoms with Gasteiger partial charge in [-0.25, -0.2) is 0 Å². The molecule has 0 fully saturated rings. The van der Waals surface area contributed by atoms with Crippen molar-refractivity contribution in [2.45, 2.75) is 24.2 Å². The molecule has 1 heterocycles. The number of thioether (sulfide) groups is 1. The quantitative estimate of drug-likeness (QED) is 0.765. The molecule has 0 amide bonds. The second-order valence-corrected chi connectivity index (χ2v) is 5.89. The molecular formula is C16H15NS. The fourth-order valence-electron chi connectivity index (χ4n) is 2.40. The number of hydrogen-bond donors (Lipinski definition) is 1. The lowest BCUT2D eigenvalue weighted by atomic mass is 9.95. The Kier molecular flexibility index (Phi) is 2.96. The van der Waals surface area contributed by atoms with E-state index in [0.29, 0.717) is 5.92 Å². The molecule has 18 heavy (non-hydrogen) atoms. The van der Waals surface area contributed by atoms with Gasteiger partial charge in [-0.15, -0.1) is 0 Å². The second kappa shape index (κ2) is 4.62. The van der Waals surface area contributed by atoms with Crippen LogP contribution in [-0.2, 0) is 0 Å². The Balaban J connectivity index is 2.06. The van der Waals surface area contributed by atoms with Gasteiger partial charge in [0.1, 0.15) is 0 Å². The Morgan fingerprint density at radius 1 is 1.06 bits per heavy atom. The molecule has 1 unspecified atom stereocenters. The maximum absolute atomic E-state index is 7.89. The van der Waals surface area contributed by atoms with E-state index in [1.54, 1.807) is 11.8 Å². The largest absolute Gasteiger partial charge is 0.298 e. The topological polar surface area (TPSA) is 23.9 Å². The first-order chi connectivity index (χ1) is 8.74. The lowest BCUT2D eigenvalue weighted by Gasteiger charge is -2.22. The third kappa shape index (κ3) is 2.08. The molecule has 2 heteroatoms. The molecule has 1 aliphatic heterocycles. The molecule has 2 aromatic rings. The first-order valence-electron chi connectivity index (χ1n) is 6.18. The van der Waals surface area contributed by atoms with Crippen LogP contribution in [0.2, 0.25) is 0 Å². The predicted octanol–water partition coefficient (Wildman–Crippen LogP) is 4.93. The van der Waals surface area contributed by atoms with Crippen LogP contribution < -0.4 is 0 Å². The highest BCUT2D eigenvalue weighted by atomic mass is 32.2. The molecule has 3 rings (SSSR count). The molecule has 0 radical (unpaired) electrons. The van der Waals surface area contributed by atoms with Crippen LogP contribution in [0.1, 0.15) is 24.8 Å². The summed E-state index contributed by atoms with van der Waals surface area (Å²) in [5, 5.41) is 8.67. The summed E-state index contributed by atoms with van der Waals surface area (Å²) in [6.45, 7) is 2.20. The minimum Gasteiger partial charge on any atom is -0.298 e. The van der Waals surface area contributed by atoms with Crippen molar-refractivity contribution in [2.24, 2.45) is 0 Å². The first kappa shape index (κ1) is 11.5. The Hall–Kier alpha value is -1.54. The minimum atomic E-state index is 0.471. The van der Waals surface area contributed by atoms with Crippen LogP contribution in [-0.4, -0.2) is 5.04 Å². The van der Waals surface area contributed by atoms with Gasteiger partial charge in [0.15, 0.2) is 0 Å². The lowest BCUT2D eigenvalue weighted by Crippen LogP contribution is -2.08. The van der Waals surface area contributed by atoms with Crippen molar-refractivity contribution >= 4 is 16.8 Å². The number of rotatable bonds is 1. The second-order valence-electron chi connectivity index (χ2n) is 4.75. The van der Waals surface area contributed by atoms with Gasteiger partial charge < -0.3 is 0 Å². The van der Waals surface area contributed by atoms with Crippen LogP contribution in [0, 0.1) is 5.41 Å². The average molecular weight is 253 g/mol. The number of hydrogen-bond acceptors (Lipinski definition) is 2. The summed E-state index contributed by atoms with van der Waals surface area (Å²) in [5.74, 6) is 0.471. The standard InChI is InChI=1S/C16H15NS/c1-11-9-16(17)18-15-10-13(7-8-14(11)15)12-5-3-2-4-6-12/h2-8,10-11,17H,9H2,1H3. The summed E-state index contributed by atoms with van der Waals surface area (Å²) < 4.78 is 0. The van der Waals surface area contributed by atoms with Gasteiger partial charge in [0.25, 0.3) is 0 Å². The van der Waals surface area contributed by atoms with Crippen LogP contribution >= 0.6 is 11.8 Å². The third-order valence-electron chi connectivity index (χ3n) is 3.38. The maximum Gasteiger partial charge on any atom is 0.0695 e. The molecule has 0 aliphatic carbocycles. The van der Waals surface area contributed by atoms with Gasteiger partial charge in [-0.2, -0.15) is 0 Å². The highest BCUT2D eigenvalue weighted by Gasteiger charge is 2.20. The van der Waals surface area contributed by atoms with E-state index in [1.807, 2.05) is 6.07 Å². The summed E-state index contributed by atoms with van der Waals surface area (Å²) in [6.07, 6.45) is 0.877. The average Bonchev–Trinajstić information content (AvgIpc) is 2.39. The van der Waals surface area contributed by atoms with Crippen LogP contribution in [0.25, 0.3) is 11.1 Å².